The van der Waals surface area contributed by atoms with Gasteiger partial charge in [0.1, 0.15) is 0 Å². The van der Waals surface area contributed by atoms with Gasteiger partial charge in [-0.25, -0.2) is 0 Å². The summed E-state index contributed by atoms with van der Waals surface area (Å²) in [6, 6.07) is 12.7. The summed E-state index contributed by atoms with van der Waals surface area (Å²) in [5.74, 6) is 0. The predicted molar refractivity (Wildman–Crippen MR) is 88.8 cm³/mol. The minimum Gasteiger partial charge on any atom is -0.398 e. The van der Waals surface area contributed by atoms with Crippen LogP contribution in [0.15, 0.2) is 36.4 Å². The fourth-order valence-electron chi connectivity index (χ4n) is 2.87. The third-order valence-corrected chi connectivity index (χ3v) is 4.69. The molecule has 108 valence electrons. The van der Waals surface area contributed by atoms with Gasteiger partial charge in [-0.1, -0.05) is 45.0 Å². The second-order valence-electron chi connectivity index (χ2n) is 5.59. The number of nitrogens with two attached hydrogens (primary N) is 1. The van der Waals surface area contributed by atoms with Crippen molar-refractivity contribution in [3.05, 3.63) is 42.0 Å². The first-order valence-corrected chi connectivity index (χ1v) is 7.66. The van der Waals surface area contributed by atoms with Crippen molar-refractivity contribution in [3.63, 3.8) is 0 Å². The Labute approximate surface area is 122 Å². The van der Waals surface area contributed by atoms with Gasteiger partial charge in [-0.15, -0.1) is 0 Å². The molecule has 2 rings (SSSR count). The zero-order chi connectivity index (χ0) is 14.6. The molecule has 0 radical (unpaired) electrons. The highest BCUT2D eigenvalue weighted by Crippen LogP contribution is 2.24. The summed E-state index contributed by atoms with van der Waals surface area (Å²) in [5, 5.41) is 6.19. The zero-order valence-electron chi connectivity index (χ0n) is 12.9. The minimum atomic E-state index is 0.234. The second-order valence-corrected chi connectivity index (χ2v) is 5.59. The smallest absolute Gasteiger partial charge is 0.0366 e. The van der Waals surface area contributed by atoms with Crippen LogP contribution in [-0.2, 0) is 6.54 Å². The van der Waals surface area contributed by atoms with Crippen molar-refractivity contribution in [3.8, 4) is 0 Å². The Morgan fingerprint density at radius 3 is 2.05 bits per heavy atom. The molecule has 0 aromatic heterocycles. The molecule has 2 heteroatoms. The Balaban J connectivity index is 2.23. The van der Waals surface area contributed by atoms with Gasteiger partial charge in [0, 0.05) is 17.8 Å². The highest BCUT2D eigenvalue weighted by Gasteiger charge is 2.22. The number of rotatable bonds is 6. The summed E-state index contributed by atoms with van der Waals surface area (Å²) in [6.45, 7) is 7.60. The van der Waals surface area contributed by atoms with Crippen molar-refractivity contribution in [2.24, 2.45) is 0 Å². The highest BCUT2D eigenvalue weighted by molar-refractivity contribution is 5.86. The van der Waals surface area contributed by atoms with E-state index in [1.807, 2.05) is 0 Å². The minimum absolute atomic E-state index is 0.234. The first-order chi connectivity index (χ1) is 9.64. The van der Waals surface area contributed by atoms with Crippen molar-refractivity contribution >= 4 is 16.5 Å². The van der Waals surface area contributed by atoms with Gasteiger partial charge in [-0.3, -0.25) is 0 Å². The van der Waals surface area contributed by atoms with E-state index in [2.05, 4.69) is 62.5 Å². The zero-order valence-corrected chi connectivity index (χ0v) is 12.9. The van der Waals surface area contributed by atoms with Gasteiger partial charge in [0.05, 0.1) is 0 Å². The molecule has 2 aromatic rings. The van der Waals surface area contributed by atoms with Gasteiger partial charge >= 0.3 is 0 Å². The molecule has 20 heavy (non-hydrogen) atoms. The van der Waals surface area contributed by atoms with Gasteiger partial charge in [0.2, 0.25) is 0 Å². The quantitative estimate of drug-likeness (QED) is 0.759. The molecular weight excluding hydrogens is 244 g/mol. The molecule has 0 bridgehead atoms. The van der Waals surface area contributed by atoms with Crippen LogP contribution in [-0.4, -0.2) is 5.54 Å². The van der Waals surface area contributed by atoms with Gasteiger partial charge in [0.25, 0.3) is 0 Å². The fraction of sp³-hybridized carbons (Fsp3) is 0.444. The summed E-state index contributed by atoms with van der Waals surface area (Å²) >= 11 is 0. The molecule has 0 atom stereocenters. The summed E-state index contributed by atoms with van der Waals surface area (Å²) in [7, 11) is 0. The van der Waals surface area contributed by atoms with Gasteiger partial charge in [-0.05, 0) is 47.7 Å². The first kappa shape index (κ1) is 14.9. The maximum absolute atomic E-state index is 6.20. The van der Waals surface area contributed by atoms with Crippen LogP contribution < -0.4 is 11.1 Å². The van der Waals surface area contributed by atoms with Crippen LogP contribution in [0.25, 0.3) is 10.8 Å². The third-order valence-electron chi connectivity index (χ3n) is 4.69. The van der Waals surface area contributed by atoms with Gasteiger partial charge in [-0.2, -0.15) is 0 Å². The lowest BCUT2D eigenvalue weighted by molar-refractivity contribution is 0.288. The van der Waals surface area contributed by atoms with E-state index >= 15 is 0 Å². The molecule has 2 nitrogen and oxygen atoms in total. The maximum Gasteiger partial charge on any atom is 0.0366 e. The Hall–Kier alpha value is -1.54. The topological polar surface area (TPSA) is 38.0 Å². The van der Waals surface area contributed by atoms with Crippen LogP contribution in [0.5, 0.6) is 0 Å². The number of hydrogen-bond acceptors (Lipinski definition) is 2. The van der Waals surface area contributed by atoms with Crippen LogP contribution >= 0.6 is 0 Å². The van der Waals surface area contributed by atoms with E-state index in [-0.39, 0.29) is 5.54 Å². The number of anilines is 1. The van der Waals surface area contributed by atoms with Crippen molar-refractivity contribution < 1.29 is 0 Å². The predicted octanol–water partition coefficient (Wildman–Crippen LogP) is 4.48. The lowest BCUT2D eigenvalue weighted by atomic mass is 9.89. The number of nitrogen functional groups attached to an aromatic ring is 1. The molecule has 0 aliphatic rings. The van der Waals surface area contributed by atoms with Crippen molar-refractivity contribution in [2.45, 2.75) is 52.1 Å². The average molecular weight is 270 g/mol. The molecule has 0 unspecified atom stereocenters. The second kappa shape index (κ2) is 6.27. The average Bonchev–Trinajstić information content (AvgIpc) is 2.49. The van der Waals surface area contributed by atoms with Crippen LogP contribution in [0.4, 0.5) is 5.69 Å². The van der Waals surface area contributed by atoms with Gasteiger partial charge in [0.15, 0.2) is 0 Å². The molecule has 2 aromatic carbocycles. The van der Waals surface area contributed by atoms with E-state index in [1.165, 1.54) is 16.3 Å². The van der Waals surface area contributed by atoms with Crippen LogP contribution in [0, 0.1) is 0 Å². The van der Waals surface area contributed by atoms with E-state index in [0.717, 1.165) is 31.5 Å². The molecule has 0 aliphatic heterocycles. The molecule has 0 spiro atoms. The molecule has 0 saturated carbocycles. The number of fused-ring (bicyclic) bond motifs is 1. The fourth-order valence-corrected chi connectivity index (χ4v) is 2.87. The lowest BCUT2D eigenvalue weighted by Crippen LogP contribution is -2.43. The van der Waals surface area contributed by atoms with E-state index < -0.39 is 0 Å². The first-order valence-electron chi connectivity index (χ1n) is 7.66. The normalized spacial score (nSPS) is 11.9. The van der Waals surface area contributed by atoms with E-state index in [1.54, 1.807) is 0 Å². The van der Waals surface area contributed by atoms with Gasteiger partial charge < -0.3 is 11.1 Å². The SMILES string of the molecule is CCC(CC)(CC)NCc1cc2ccccc2cc1N. The molecule has 0 saturated heterocycles. The monoisotopic (exact) mass is 270 g/mol. The third kappa shape index (κ3) is 2.96. The van der Waals surface area contributed by atoms with Crippen LogP contribution in [0.1, 0.15) is 45.6 Å². The Morgan fingerprint density at radius 1 is 0.950 bits per heavy atom. The molecule has 0 heterocycles. The Bertz CT molecular complexity index is 562. The molecule has 3 N–H and O–H groups in total. The Morgan fingerprint density at radius 2 is 1.50 bits per heavy atom. The summed E-state index contributed by atoms with van der Waals surface area (Å²) in [5.41, 5.74) is 8.51. The van der Waals surface area contributed by atoms with Crippen molar-refractivity contribution in [1.29, 1.82) is 0 Å². The molecule has 0 aliphatic carbocycles. The number of hydrogen-bond donors (Lipinski definition) is 2. The Kier molecular flexibility index (Phi) is 4.66. The molecule has 0 amide bonds. The van der Waals surface area contributed by atoms with Crippen LogP contribution in [0.3, 0.4) is 0 Å². The van der Waals surface area contributed by atoms with Crippen LogP contribution in [0.2, 0.25) is 0 Å². The number of benzene rings is 2. The largest absolute Gasteiger partial charge is 0.398 e. The lowest BCUT2D eigenvalue weighted by Gasteiger charge is -2.32. The summed E-state index contributed by atoms with van der Waals surface area (Å²) in [4.78, 5) is 0. The molecule has 0 fully saturated rings. The standard InChI is InChI=1S/C18H26N2/c1-4-18(5-2,6-3)20-13-16-11-14-9-7-8-10-15(14)12-17(16)19/h7-12,20H,4-6,13,19H2,1-3H3. The summed E-state index contributed by atoms with van der Waals surface area (Å²) in [6.07, 6.45) is 3.44. The van der Waals surface area contributed by atoms with E-state index in [4.69, 9.17) is 5.73 Å². The summed E-state index contributed by atoms with van der Waals surface area (Å²) < 4.78 is 0. The van der Waals surface area contributed by atoms with E-state index in [0.29, 0.717) is 0 Å². The maximum atomic E-state index is 6.20. The van der Waals surface area contributed by atoms with E-state index in [9.17, 15) is 0 Å². The van der Waals surface area contributed by atoms with Crippen molar-refractivity contribution in [1.82, 2.24) is 5.32 Å². The molecular formula is C18H26N2. The number of nitrogens with one attached hydrogen (secondary N) is 1. The highest BCUT2D eigenvalue weighted by atomic mass is 15.0. The van der Waals surface area contributed by atoms with Crippen molar-refractivity contribution in [2.75, 3.05) is 5.73 Å².